The van der Waals surface area contributed by atoms with Gasteiger partial charge in [0.05, 0.1) is 6.20 Å². The number of hydrogen-bond acceptors (Lipinski definition) is 8. The molecule has 190 valence electrons. The summed E-state index contributed by atoms with van der Waals surface area (Å²) >= 11 is 5.18. The number of thiazole rings is 1. The predicted octanol–water partition coefficient (Wildman–Crippen LogP) is 2.38. The molecule has 2 aromatic heterocycles. The Morgan fingerprint density at radius 1 is 1.33 bits per heavy atom. The van der Waals surface area contributed by atoms with Crippen molar-refractivity contribution in [2.24, 2.45) is 0 Å². The molecule has 3 atom stereocenters. The fourth-order valence-electron chi connectivity index (χ4n) is 4.52. The Balaban J connectivity index is 1.39. The molecule has 4 heterocycles. The molecule has 0 saturated carbocycles. The summed E-state index contributed by atoms with van der Waals surface area (Å²) in [6.07, 6.45) is 4.25. The van der Waals surface area contributed by atoms with Crippen LogP contribution in [-0.4, -0.2) is 72.3 Å². The molecular formula is C22H23ClN6O5S2. The molecule has 36 heavy (non-hydrogen) atoms. The molecular weight excluding hydrogens is 528 g/mol. The first-order valence-electron chi connectivity index (χ1n) is 11.2. The van der Waals surface area contributed by atoms with Crippen LogP contribution in [0, 0.1) is 0 Å². The molecule has 2 aliphatic rings. The van der Waals surface area contributed by atoms with Gasteiger partial charge in [0.2, 0.25) is 5.91 Å². The lowest BCUT2D eigenvalue weighted by atomic mass is 10.0. The van der Waals surface area contributed by atoms with E-state index in [1.165, 1.54) is 22.4 Å². The summed E-state index contributed by atoms with van der Waals surface area (Å²) in [4.78, 5) is 37.3. The highest BCUT2D eigenvalue weighted by atomic mass is 35.5. The number of aromatic nitrogens is 2. The zero-order chi connectivity index (χ0) is 25.6. The third kappa shape index (κ3) is 4.47. The quantitative estimate of drug-likeness (QED) is 0.359. The Morgan fingerprint density at radius 3 is 2.78 bits per heavy atom. The molecule has 1 unspecified atom stereocenters. The van der Waals surface area contributed by atoms with Crippen molar-refractivity contribution in [3.05, 3.63) is 41.2 Å². The maximum atomic E-state index is 13.4. The van der Waals surface area contributed by atoms with Gasteiger partial charge in [0.1, 0.15) is 22.9 Å². The molecule has 3 aromatic rings. The summed E-state index contributed by atoms with van der Waals surface area (Å²) in [7, 11) is 0. The van der Waals surface area contributed by atoms with E-state index in [9.17, 15) is 23.5 Å². The largest absolute Gasteiger partial charge is 0.480 e. The number of hydrogen-bond donors (Lipinski definition) is 3. The average molecular weight is 551 g/mol. The lowest BCUT2D eigenvalue weighted by Crippen LogP contribution is -2.48. The molecule has 2 saturated heterocycles. The number of anilines is 3. The van der Waals surface area contributed by atoms with Gasteiger partial charge in [0, 0.05) is 42.7 Å². The maximum absolute atomic E-state index is 13.4. The minimum Gasteiger partial charge on any atom is -0.480 e. The number of benzene rings is 1. The van der Waals surface area contributed by atoms with Gasteiger partial charge in [-0.25, -0.2) is 23.3 Å². The number of carboxylic acid groups (broad SMARTS) is 1. The number of nitrogen functional groups attached to an aromatic ring is 1. The zero-order valence-electron chi connectivity index (χ0n) is 18.9. The highest BCUT2D eigenvalue weighted by Crippen LogP contribution is 2.36. The van der Waals surface area contributed by atoms with Gasteiger partial charge in [-0.1, -0.05) is 22.9 Å². The molecule has 0 bridgehead atoms. The average Bonchev–Trinajstić information content (AvgIpc) is 3.39. The first kappa shape index (κ1) is 24.7. The number of halogens is 1. The number of carbonyl (C=O) groups is 2. The topological polar surface area (TPSA) is 153 Å². The molecule has 14 heteroatoms. The van der Waals surface area contributed by atoms with Crippen LogP contribution in [0.15, 0.2) is 30.6 Å². The minimum atomic E-state index is -2.50. The molecule has 1 aromatic carbocycles. The van der Waals surface area contributed by atoms with Crippen LogP contribution in [0.1, 0.15) is 18.4 Å². The van der Waals surface area contributed by atoms with Gasteiger partial charge in [-0.2, -0.15) is 0 Å². The van der Waals surface area contributed by atoms with Crippen LogP contribution in [0.3, 0.4) is 0 Å². The first-order valence-corrected chi connectivity index (χ1v) is 13.5. The Morgan fingerprint density at radius 2 is 2.11 bits per heavy atom. The lowest BCUT2D eigenvalue weighted by Gasteiger charge is -2.30. The zero-order valence-corrected chi connectivity index (χ0v) is 21.3. The van der Waals surface area contributed by atoms with Gasteiger partial charge in [0.25, 0.3) is 11.3 Å². The molecule has 0 aliphatic carbocycles. The Hall–Kier alpha value is -3.00. The molecule has 1 amide bonds. The van der Waals surface area contributed by atoms with Crippen LogP contribution in [0.4, 0.5) is 16.0 Å². The van der Waals surface area contributed by atoms with Gasteiger partial charge in [0.15, 0.2) is 5.13 Å². The summed E-state index contributed by atoms with van der Waals surface area (Å²) in [5.74, 6) is -1.41. The molecule has 0 spiro atoms. The van der Waals surface area contributed by atoms with Crippen LogP contribution >= 0.6 is 22.9 Å². The van der Waals surface area contributed by atoms with E-state index in [4.69, 9.17) is 17.3 Å². The molecule has 2 aliphatic heterocycles. The van der Waals surface area contributed by atoms with Gasteiger partial charge < -0.3 is 20.6 Å². The number of carbonyl (C=O) groups excluding carboxylic acids is 1. The van der Waals surface area contributed by atoms with E-state index in [2.05, 4.69) is 9.97 Å². The summed E-state index contributed by atoms with van der Waals surface area (Å²) < 4.78 is 23.4. The van der Waals surface area contributed by atoms with Crippen LogP contribution < -0.4 is 14.9 Å². The van der Waals surface area contributed by atoms with E-state index >= 15 is 0 Å². The summed E-state index contributed by atoms with van der Waals surface area (Å²) in [6.45, 7) is 1.85. The number of rotatable bonds is 8. The summed E-state index contributed by atoms with van der Waals surface area (Å²) in [6, 6.07) is 2.94. The third-order valence-electron chi connectivity index (χ3n) is 6.52. The number of carboxylic acids is 1. The van der Waals surface area contributed by atoms with Crippen molar-refractivity contribution < 1.29 is 23.5 Å². The van der Waals surface area contributed by atoms with Crippen molar-refractivity contribution in [2.45, 2.75) is 31.3 Å². The smallest absolute Gasteiger partial charge is 0.326 e. The van der Waals surface area contributed by atoms with E-state index < -0.39 is 35.2 Å². The van der Waals surface area contributed by atoms with Crippen LogP contribution in [0.2, 0.25) is 5.02 Å². The number of nitrogens with two attached hydrogens (primary N) is 1. The normalized spacial score (nSPS) is 19.4. The Bertz CT molecular complexity index is 1370. The van der Waals surface area contributed by atoms with Gasteiger partial charge in [-0.05, 0) is 42.0 Å². The highest BCUT2D eigenvalue weighted by Gasteiger charge is 2.44. The van der Waals surface area contributed by atoms with Gasteiger partial charge in [-0.3, -0.25) is 9.35 Å². The highest BCUT2D eigenvalue weighted by molar-refractivity contribution is 7.81. The summed E-state index contributed by atoms with van der Waals surface area (Å²) in [5.41, 5.74) is 6.46. The number of likely N-dealkylation sites (tertiary alicyclic amines) is 1. The second kappa shape index (κ2) is 9.81. The van der Waals surface area contributed by atoms with Crippen LogP contribution in [0.5, 0.6) is 0 Å². The van der Waals surface area contributed by atoms with Gasteiger partial charge in [-0.15, -0.1) is 0 Å². The third-order valence-corrected chi connectivity index (χ3v) is 8.84. The van der Waals surface area contributed by atoms with E-state index in [1.807, 2.05) is 4.90 Å². The monoisotopic (exact) mass is 550 g/mol. The van der Waals surface area contributed by atoms with Crippen molar-refractivity contribution in [3.8, 4) is 0 Å². The molecule has 11 nitrogen and oxygen atoms in total. The van der Waals surface area contributed by atoms with E-state index in [0.717, 1.165) is 34.3 Å². The van der Waals surface area contributed by atoms with Gasteiger partial charge >= 0.3 is 5.97 Å². The van der Waals surface area contributed by atoms with Crippen LogP contribution in [0.25, 0.3) is 10.8 Å². The number of pyridine rings is 1. The van der Waals surface area contributed by atoms with Crippen molar-refractivity contribution >= 4 is 72.8 Å². The number of nitrogens with zero attached hydrogens (tertiary/aromatic N) is 5. The number of amides is 1. The molecule has 2 fully saturated rings. The Kier molecular flexibility index (Phi) is 6.72. The van der Waals surface area contributed by atoms with Crippen LogP contribution in [-0.2, 0) is 27.3 Å². The molecule has 5 rings (SSSR count). The van der Waals surface area contributed by atoms with E-state index in [0.29, 0.717) is 26.8 Å². The number of aliphatic carboxylic acids is 1. The predicted molar refractivity (Wildman–Crippen MR) is 139 cm³/mol. The first-order chi connectivity index (χ1) is 17.2. The summed E-state index contributed by atoms with van der Waals surface area (Å²) in [5, 5.41) is 12.8. The minimum absolute atomic E-state index is 0.0350. The second-order valence-corrected chi connectivity index (χ2v) is 10.9. The van der Waals surface area contributed by atoms with Crippen molar-refractivity contribution in [1.82, 2.24) is 14.9 Å². The molecule has 4 N–H and O–H groups in total. The Labute approximate surface area is 217 Å². The number of fused-ring (bicyclic) bond motifs is 1. The SMILES string of the molecule is Nc1nccc2cc(C[C@H](C(=O)O)N3CC[C@H](N(c4cnc(N5CCC5)s4)S(=O)O)C3=O)c(Cl)cc12. The van der Waals surface area contributed by atoms with E-state index in [1.54, 1.807) is 24.4 Å². The fourth-order valence-corrected chi connectivity index (χ4v) is 6.61. The van der Waals surface area contributed by atoms with Crippen molar-refractivity contribution in [3.63, 3.8) is 0 Å². The standard InChI is InChI=1S/C22H23ClN6O5S2/c23-15-10-14-12(2-4-25-19(14)24)8-13(15)9-17(21(31)32)28-7-3-16(20(28)30)29(36(33)34)18-11-26-22(35-18)27-5-1-6-27/h2,4,8,10-11,16-17H,1,3,5-7,9H2,(H2,24,25)(H,31,32)(H,33,34)/t16-,17+/m0/s1. The van der Waals surface area contributed by atoms with Crippen molar-refractivity contribution in [2.75, 3.05) is 34.6 Å². The lowest BCUT2D eigenvalue weighted by molar-refractivity contribution is -0.148. The second-order valence-electron chi connectivity index (χ2n) is 8.63. The van der Waals surface area contributed by atoms with Crippen molar-refractivity contribution in [1.29, 1.82) is 0 Å². The fraction of sp³-hybridized carbons (Fsp3) is 0.364. The molecule has 0 radical (unpaired) electrons. The van der Waals surface area contributed by atoms with E-state index in [-0.39, 0.29) is 19.4 Å². The maximum Gasteiger partial charge on any atom is 0.326 e.